The van der Waals surface area contributed by atoms with E-state index in [2.05, 4.69) is 15.5 Å². The van der Waals surface area contributed by atoms with Gasteiger partial charge in [-0.25, -0.2) is 5.43 Å². The van der Waals surface area contributed by atoms with E-state index in [1.807, 2.05) is 30.3 Å². The van der Waals surface area contributed by atoms with Crippen LogP contribution >= 0.6 is 11.6 Å². The summed E-state index contributed by atoms with van der Waals surface area (Å²) in [4.78, 5) is 16.3. The van der Waals surface area contributed by atoms with Crippen molar-refractivity contribution in [3.8, 4) is 5.75 Å². The zero-order chi connectivity index (χ0) is 17.6. The summed E-state index contributed by atoms with van der Waals surface area (Å²) in [5.41, 5.74) is 4.75. The topological polar surface area (TPSA) is 74.6 Å². The van der Waals surface area contributed by atoms with E-state index in [-0.39, 0.29) is 11.3 Å². The number of rotatable bonds is 4. The lowest BCUT2D eigenvalue weighted by Crippen LogP contribution is -2.20. The molecule has 0 radical (unpaired) electrons. The van der Waals surface area contributed by atoms with Gasteiger partial charge in [0.25, 0.3) is 5.91 Å². The van der Waals surface area contributed by atoms with Gasteiger partial charge in [-0.1, -0.05) is 41.9 Å². The Morgan fingerprint density at radius 3 is 2.40 bits per heavy atom. The van der Waals surface area contributed by atoms with E-state index >= 15 is 0 Å². The molecule has 3 rings (SSSR count). The van der Waals surface area contributed by atoms with Crippen molar-refractivity contribution >= 4 is 23.2 Å². The number of nitrogens with zero attached hydrogens (tertiary/aromatic N) is 2. The fourth-order valence-electron chi connectivity index (χ4n) is 2.26. The van der Waals surface area contributed by atoms with Crippen LogP contribution in [0.5, 0.6) is 5.75 Å². The number of nitrogens with one attached hydrogen (secondary N) is 1. The number of halogens is 1. The highest BCUT2D eigenvalue weighted by Gasteiger charge is 2.13. The van der Waals surface area contributed by atoms with E-state index < -0.39 is 5.91 Å². The second-order valence-corrected chi connectivity index (χ2v) is 5.60. The number of pyridine rings is 1. The second-order valence-electron chi connectivity index (χ2n) is 5.16. The Morgan fingerprint density at radius 1 is 1.00 bits per heavy atom. The molecule has 0 aliphatic carbocycles. The highest BCUT2D eigenvalue weighted by molar-refractivity contribution is 6.31. The highest BCUT2D eigenvalue weighted by Crippen LogP contribution is 2.21. The average molecular weight is 352 g/mol. The number of carbonyl (C=O) groups is 1. The quantitative estimate of drug-likeness (QED) is 0.557. The molecule has 0 atom stereocenters. The molecule has 6 heteroatoms. The maximum Gasteiger partial charge on any atom is 0.275 e. The molecule has 1 heterocycles. The normalized spacial score (nSPS) is 11.2. The summed E-state index contributed by atoms with van der Waals surface area (Å²) in [6, 6.07) is 17.3. The van der Waals surface area contributed by atoms with Gasteiger partial charge < -0.3 is 5.11 Å². The Bertz CT molecular complexity index is 871. The van der Waals surface area contributed by atoms with Crippen LogP contribution in [0.3, 0.4) is 0 Å². The van der Waals surface area contributed by atoms with Gasteiger partial charge in [0.15, 0.2) is 0 Å². The Labute approximate surface area is 149 Å². The zero-order valence-electron chi connectivity index (χ0n) is 13.1. The van der Waals surface area contributed by atoms with Crippen LogP contribution < -0.4 is 5.43 Å². The molecular formula is C19H14ClN3O2. The van der Waals surface area contributed by atoms with Crippen LogP contribution in [0.15, 0.2) is 78.2 Å². The molecule has 0 saturated carbocycles. The average Bonchev–Trinajstić information content (AvgIpc) is 2.65. The third-order valence-corrected chi connectivity index (χ3v) is 3.71. The molecule has 5 nitrogen and oxygen atoms in total. The summed E-state index contributed by atoms with van der Waals surface area (Å²) in [5, 5.41) is 14.4. The number of amides is 1. The van der Waals surface area contributed by atoms with Crippen LogP contribution in [-0.2, 0) is 0 Å². The van der Waals surface area contributed by atoms with Crippen LogP contribution in [0.25, 0.3) is 0 Å². The minimum absolute atomic E-state index is 0.0541. The van der Waals surface area contributed by atoms with E-state index in [0.717, 1.165) is 11.1 Å². The van der Waals surface area contributed by atoms with Gasteiger partial charge >= 0.3 is 0 Å². The lowest BCUT2D eigenvalue weighted by atomic mass is 10.0. The van der Waals surface area contributed by atoms with Crippen molar-refractivity contribution in [1.82, 2.24) is 10.4 Å². The number of hydrogen-bond acceptors (Lipinski definition) is 4. The van der Waals surface area contributed by atoms with Crippen molar-refractivity contribution in [1.29, 1.82) is 0 Å². The molecule has 1 amide bonds. The van der Waals surface area contributed by atoms with Gasteiger partial charge in [0.05, 0.1) is 11.3 Å². The predicted octanol–water partition coefficient (Wildman–Crippen LogP) is 3.62. The van der Waals surface area contributed by atoms with Crippen molar-refractivity contribution in [3.05, 3.63) is 94.8 Å². The molecule has 1 aromatic heterocycles. The molecule has 2 aromatic carbocycles. The molecule has 124 valence electrons. The number of benzene rings is 2. The number of phenolic OH excluding ortho intramolecular Hbond substituents is 1. The Balaban J connectivity index is 1.94. The van der Waals surface area contributed by atoms with Crippen LogP contribution in [0.4, 0.5) is 0 Å². The molecule has 2 N–H and O–H groups in total. The summed E-state index contributed by atoms with van der Waals surface area (Å²) in [7, 11) is 0. The Kier molecular flexibility index (Phi) is 5.06. The second kappa shape index (κ2) is 7.59. The summed E-state index contributed by atoms with van der Waals surface area (Å²) < 4.78 is 0. The Morgan fingerprint density at radius 2 is 1.68 bits per heavy atom. The molecule has 0 bridgehead atoms. The van der Waals surface area contributed by atoms with Crippen LogP contribution in [-0.4, -0.2) is 21.7 Å². The van der Waals surface area contributed by atoms with Crippen LogP contribution in [0.1, 0.15) is 21.5 Å². The molecule has 0 aliphatic heterocycles. The van der Waals surface area contributed by atoms with E-state index in [1.165, 1.54) is 18.2 Å². The number of phenols is 1. The van der Waals surface area contributed by atoms with Crippen molar-refractivity contribution < 1.29 is 9.90 Å². The molecule has 0 spiro atoms. The summed E-state index contributed by atoms with van der Waals surface area (Å²) >= 11 is 5.88. The predicted molar refractivity (Wildman–Crippen MR) is 96.9 cm³/mol. The number of hydrazone groups is 1. The first-order chi connectivity index (χ1) is 12.1. The highest BCUT2D eigenvalue weighted by atomic mass is 35.5. The maximum atomic E-state index is 12.3. The molecule has 0 aliphatic rings. The van der Waals surface area contributed by atoms with E-state index in [9.17, 15) is 9.90 Å². The Hall–Kier alpha value is -3.18. The molecule has 0 fully saturated rings. The molecule has 0 unspecified atom stereocenters. The third-order valence-electron chi connectivity index (χ3n) is 3.47. The fraction of sp³-hybridized carbons (Fsp3) is 0. The van der Waals surface area contributed by atoms with Gasteiger partial charge in [-0.2, -0.15) is 5.10 Å². The van der Waals surface area contributed by atoms with E-state index in [0.29, 0.717) is 10.7 Å². The standard InChI is InChI=1S/C19H14ClN3O2/c20-15-6-7-17(24)16(12-15)19(25)23-22-18(13-4-2-1-3-5-13)14-8-10-21-11-9-14/h1-12,24H,(H,23,25)/b22-18+. The SMILES string of the molecule is O=C(N/N=C(\c1ccccc1)c1ccncc1)c1cc(Cl)ccc1O. The van der Waals surface area contributed by atoms with Crippen molar-refractivity contribution in [2.75, 3.05) is 0 Å². The van der Waals surface area contributed by atoms with Crippen LogP contribution in [0, 0.1) is 0 Å². The lowest BCUT2D eigenvalue weighted by Gasteiger charge is -2.08. The molecule has 25 heavy (non-hydrogen) atoms. The summed E-state index contributed by atoms with van der Waals surface area (Å²) in [6.45, 7) is 0. The molecule has 0 saturated heterocycles. The molecular weight excluding hydrogens is 338 g/mol. The van der Waals surface area contributed by atoms with Crippen molar-refractivity contribution in [2.24, 2.45) is 5.10 Å². The number of aromatic hydroxyl groups is 1. The van der Waals surface area contributed by atoms with E-state index in [1.54, 1.807) is 24.5 Å². The van der Waals surface area contributed by atoms with Gasteiger partial charge in [-0.05, 0) is 30.3 Å². The summed E-state index contributed by atoms with van der Waals surface area (Å²) in [5.74, 6) is -0.718. The lowest BCUT2D eigenvalue weighted by molar-refractivity contribution is 0.0952. The minimum Gasteiger partial charge on any atom is -0.507 e. The van der Waals surface area contributed by atoms with Crippen molar-refractivity contribution in [3.63, 3.8) is 0 Å². The number of aromatic nitrogens is 1. The minimum atomic E-state index is -0.553. The largest absolute Gasteiger partial charge is 0.507 e. The smallest absolute Gasteiger partial charge is 0.275 e. The van der Waals surface area contributed by atoms with Gasteiger partial charge in [0, 0.05) is 28.5 Å². The number of carbonyl (C=O) groups excluding carboxylic acids is 1. The van der Waals surface area contributed by atoms with E-state index in [4.69, 9.17) is 11.6 Å². The first-order valence-electron chi connectivity index (χ1n) is 7.47. The van der Waals surface area contributed by atoms with Gasteiger partial charge in [-0.15, -0.1) is 0 Å². The zero-order valence-corrected chi connectivity index (χ0v) is 13.8. The van der Waals surface area contributed by atoms with Gasteiger partial charge in [-0.3, -0.25) is 9.78 Å². The first kappa shape index (κ1) is 16.7. The summed E-state index contributed by atoms with van der Waals surface area (Å²) in [6.07, 6.45) is 3.30. The van der Waals surface area contributed by atoms with Crippen LogP contribution in [0.2, 0.25) is 5.02 Å². The van der Waals surface area contributed by atoms with Gasteiger partial charge in [0.2, 0.25) is 0 Å². The molecule has 3 aromatic rings. The number of hydrogen-bond donors (Lipinski definition) is 2. The van der Waals surface area contributed by atoms with Crippen molar-refractivity contribution in [2.45, 2.75) is 0 Å². The third kappa shape index (κ3) is 4.02. The maximum absolute atomic E-state index is 12.3. The monoisotopic (exact) mass is 351 g/mol. The fourth-order valence-corrected chi connectivity index (χ4v) is 2.43. The first-order valence-corrected chi connectivity index (χ1v) is 7.85. The van der Waals surface area contributed by atoms with Gasteiger partial charge in [0.1, 0.15) is 5.75 Å².